The van der Waals surface area contributed by atoms with Crippen LogP contribution in [-0.4, -0.2) is 25.8 Å². The second-order valence-electron chi connectivity index (χ2n) is 2.98. The Bertz CT molecular complexity index is 129. The molecular formula is C9H20N2O2. The summed E-state index contributed by atoms with van der Waals surface area (Å²) in [5, 5.41) is 3.30. The summed E-state index contributed by atoms with van der Waals surface area (Å²) in [6.45, 7) is 4.67. The van der Waals surface area contributed by atoms with Gasteiger partial charge in [0.25, 0.3) is 0 Å². The SMILES string of the molecule is CCCCNCCCCOC(N)=O. The normalized spacial score (nSPS) is 9.92. The molecule has 13 heavy (non-hydrogen) atoms. The molecule has 0 aliphatic rings. The number of carbonyl (C=O) groups excluding carboxylic acids is 1. The molecule has 0 saturated carbocycles. The van der Waals surface area contributed by atoms with E-state index in [0.717, 1.165) is 25.9 Å². The third-order valence-corrected chi connectivity index (χ3v) is 1.70. The molecule has 0 aliphatic carbocycles. The number of ether oxygens (including phenoxy) is 1. The zero-order valence-corrected chi connectivity index (χ0v) is 8.34. The number of carbonyl (C=O) groups is 1. The van der Waals surface area contributed by atoms with Crippen LogP contribution >= 0.6 is 0 Å². The van der Waals surface area contributed by atoms with Crippen molar-refractivity contribution in [3.8, 4) is 0 Å². The van der Waals surface area contributed by atoms with Crippen molar-refractivity contribution in [2.45, 2.75) is 32.6 Å². The van der Waals surface area contributed by atoms with Gasteiger partial charge in [-0.2, -0.15) is 0 Å². The minimum absolute atomic E-state index is 0.435. The van der Waals surface area contributed by atoms with Gasteiger partial charge < -0.3 is 15.8 Å². The Labute approximate surface area is 79.8 Å². The third-order valence-electron chi connectivity index (χ3n) is 1.70. The van der Waals surface area contributed by atoms with Crippen LogP contribution in [0.25, 0.3) is 0 Å². The standard InChI is InChI=1S/C9H20N2O2/c1-2-3-6-11-7-4-5-8-13-9(10)12/h11H,2-8H2,1H3,(H2,10,12). The molecule has 4 nitrogen and oxygen atoms in total. The predicted molar refractivity (Wildman–Crippen MR) is 52.5 cm³/mol. The van der Waals surface area contributed by atoms with Crippen LogP contribution in [0.1, 0.15) is 32.6 Å². The van der Waals surface area contributed by atoms with Crippen molar-refractivity contribution in [1.82, 2.24) is 5.32 Å². The summed E-state index contributed by atoms with van der Waals surface area (Å²) in [4.78, 5) is 10.2. The molecule has 0 spiro atoms. The van der Waals surface area contributed by atoms with Crippen molar-refractivity contribution >= 4 is 6.09 Å². The van der Waals surface area contributed by atoms with Gasteiger partial charge in [0.1, 0.15) is 0 Å². The average Bonchev–Trinajstić information content (AvgIpc) is 2.09. The predicted octanol–water partition coefficient (Wildman–Crippen LogP) is 1.25. The molecule has 0 rings (SSSR count). The Balaban J connectivity index is 2.87. The summed E-state index contributed by atoms with van der Waals surface area (Å²) in [7, 11) is 0. The highest BCUT2D eigenvalue weighted by molar-refractivity contribution is 5.64. The Hall–Kier alpha value is -0.770. The van der Waals surface area contributed by atoms with Crippen LogP contribution in [0.3, 0.4) is 0 Å². The lowest BCUT2D eigenvalue weighted by molar-refractivity contribution is 0.154. The van der Waals surface area contributed by atoms with Crippen LogP contribution < -0.4 is 11.1 Å². The number of nitrogens with one attached hydrogen (secondary N) is 1. The molecule has 0 atom stereocenters. The maximum absolute atomic E-state index is 10.2. The van der Waals surface area contributed by atoms with Crippen LogP contribution in [0.4, 0.5) is 4.79 Å². The topological polar surface area (TPSA) is 64.3 Å². The zero-order valence-electron chi connectivity index (χ0n) is 8.34. The van der Waals surface area contributed by atoms with Crippen molar-refractivity contribution in [1.29, 1.82) is 0 Å². The van der Waals surface area contributed by atoms with Gasteiger partial charge in [0.2, 0.25) is 0 Å². The lowest BCUT2D eigenvalue weighted by Gasteiger charge is -2.03. The van der Waals surface area contributed by atoms with Crippen LogP contribution in [-0.2, 0) is 4.74 Å². The molecule has 1 amide bonds. The molecule has 78 valence electrons. The summed E-state index contributed by atoms with van der Waals surface area (Å²) in [6, 6.07) is 0. The van der Waals surface area contributed by atoms with E-state index in [1.165, 1.54) is 12.8 Å². The van der Waals surface area contributed by atoms with E-state index in [2.05, 4.69) is 17.0 Å². The van der Waals surface area contributed by atoms with Crippen LogP contribution in [0.5, 0.6) is 0 Å². The Kier molecular flexibility index (Phi) is 8.77. The zero-order chi connectivity index (χ0) is 9.94. The number of unbranched alkanes of at least 4 members (excludes halogenated alkanes) is 2. The van der Waals surface area contributed by atoms with Gasteiger partial charge in [0.15, 0.2) is 0 Å². The smallest absolute Gasteiger partial charge is 0.404 e. The molecule has 0 aromatic carbocycles. The first-order valence-electron chi connectivity index (χ1n) is 4.90. The summed E-state index contributed by atoms with van der Waals surface area (Å²) < 4.78 is 4.58. The van der Waals surface area contributed by atoms with Crippen molar-refractivity contribution in [3.05, 3.63) is 0 Å². The number of hydrogen-bond acceptors (Lipinski definition) is 3. The summed E-state index contributed by atoms with van der Waals surface area (Å²) in [5.74, 6) is 0. The van der Waals surface area contributed by atoms with Crippen LogP contribution in [0, 0.1) is 0 Å². The van der Waals surface area contributed by atoms with E-state index in [1.54, 1.807) is 0 Å². The molecule has 0 unspecified atom stereocenters. The van der Waals surface area contributed by atoms with Crippen LogP contribution in [0.2, 0.25) is 0 Å². The van der Waals surface area contributed by atoms with E-state index < -0.39 is 6.09 Å². The molecule has 4 heteroatoms. The molecule has 3 N–H and O–H groups in total. The van der Waals surface area contributed by atoms with E-state index in [9.17, 15) is 4.79 Å². The molecule has 0 fully saturated rings. The first-order chi connectivity index (χ1) is 6.27. The monoisotopic (exact) mass is 188 g/mol. The largest absolute Gasteiger partial charge is 0.450 e. The maximum atomic E-state index is 10.2. The average molecular weight is 188 g/mol. The highest BCUT2D eigenvalue weighted by Crippen LogP contribution is 1.89. The maximum Gasteiger partial charge on any atom is 0.404 e. The molecule has 0 radical (unpaired) electrons. The van der Waals surface area contributed by atoms with Crippen molar-refractivity contribution in [3.63, 3.8) is 0 Å². The molecule has 0 aromatic heterocycles. The first-order valence-corrected chi connectivity index (χ1v) is 4.90. The summed E-state index contributed by atoms with van der Waals surface area (Å²) in [6.07, 6.45) is 3.66. The highest BCUT2D eigenvalue weighted by atomic mass is 16.5. The fourth-order valence-electron chi connectivity index (χ4n) is 0.952. The molecule has 0 aromatic rings. The van der Waals surface area contributed by atoms with Crippen molar-refractivity contribution < 1.29 is 9.53 Å². The molecule has 0 saturated heterocycles. The van der Waals surface area contributed by atoms with Crippen LogP contribution in [0.15, 0.2) is 0 Å². The van der Waals surface area contributed by atoms with Gasteiger partial charge in [-0.1, -0.05) is 13.3 Å². The van der Waals surface area contributed by atoms with E-state index in [-0.39, 0.29) is 0 Å². The first kappa shape index (κ1) is 12.2. The van der Waals surface area contributed by atoms with Gasteiger partial charge in [-0.25, -0.2) is 4.79 Å². The number of nitrogens with two attached hydrogens (primary N) is 1. The van der Waals surface area contributed by atoms with E-state index in [1.807, 2.05) is 0 Å². The summed E-state index contributed by atoms with van der Waals surface area (Å²) >= 11 is 0. The molecule has 0 heterocycles. The van der Waals surface area contributed by atoms with Gasteiger partial charge >= 0.3 is 6.09 Å². The minimum atomic E-state index is -0.682. The van der Waals surface area contributed by atoms with Gasteiger partial charge in [-0.3, -0.25) is 0 Å². The molecular weight excluding hydrogens is 168 g/mol. The van der Waals surface area contributed by atoms with Crippen molar-refractivity contribution in [2.24, 2.45) is 5.73 Å². The lowest BCUT2D eigenvalue weighted by atomic mass is 10.3. The Morgan fingerprint density at radius 1 is 1.31 bits per heavy atom. The van der Waals surface area contributed by atoms with E-state index >= 15 is 0 Å². The summed E-state index contributed by atoms with van der Waals surface area (Å²) in [5.41, 5.74) is 4.80. The van der Waals surface area contributed by atoms with Gasteiger partial charge in [-0.05, 0) is 32.4 Å². The highest BCUT2D eigenvalue weighted by Gasteiger charge is 1.92. The fraction of sp³-hybridized carbons (Fsp3) is 0.889. The third kappa shape index (κ3) is 11.2. The minimum Gasteiger partial charge on any atom is -0.450 e. The lowest BCUT2D eigenvalue weighted by Crippen LogP contribution is -2.18. The number of hydrogen-bond donors (Lipinski definition) is 2. The van der Waals surface area contributed by atoms with Gasteiger partial charge in [-0.15, -0.1) is 0 Å². The Morgan fingerprint density at radius 2 is 2.00 bits per heavy atom. The molecule has 0 aliphatic heterocycles. The van der Waals surface area contributed by atoms with Crippen molar-refractivity contribution in [2.75, 3.05) is 19.7 Å². The number of primary amides is 1. The molecule has 0 bridgehead atoms. The van der Waals surface area contributed by atoms with E-state index in [4.69, 9.17) is 5.73 Å². The van der Waals surface area contributed by atoms with Gasteiger partial charge in [0.05, 0.1) is 6.61 Å². The second kappa shape index (κ2) is 9.32. The quantitative estimate of drug-likeness (QED) is 0.563. The number of amides is 1. The number of rotatable bonds is 8. The second-order valence-corrected chi connectivity index (χ2v) is 2.98. The fourth-order valence-corrected chi connectivity index (χ4v) is 0.952. The Morgan fingerprint density at radius 3 is 2.62 bits per heavy atom. The van der Waals surface area contributed by atoms with Gasteiger partial charge in [0, 0.05) is 0 Å². The van der Waals surface area contributed by atoms with E-state index in [0.29, 0.717) is 6.61 Å².